The van der Waals surface area contributed by atoms with Crippen molar-refractivity contribution in [3.8, 4) is 0 Å². The molecule has 0 radical (unpaired) electrons. The van der Waals surface area contributed by atoms with E-state index in [1.165, 1.54) is 19.0 Å². The van der Waals surface area contributed by atoms with Gasteiger partial charge in [0.1, 0.15) is 11.6 Å². The van der Waals surface area contributed by atoms with Crippen LogP contribution in [0.15, 0.2) is 0 Å². The number of ether oxygens (including phenoxy) is 1. The lowest BCUT2D eigenvalue weighted by molar-refractivity contribution is -0.124. The number of likely N-dealkylation sites (N-methyl/N-ethyl adjacent to an activating group) is 2. The van der Waals surface area contributed by atoms with E-state index in [-0.39, 0.29) is 5.91 Å². The topological polar surface area (TPSA) is 58.6 Å². The molecule has 1 atom stereocenters. The van der Waals surface area contributed by atoms with Crippen molar-refractivity contribution >= 4 is 12.0 Å². The molecular formula is C10H20N2O3. The molecule has 0 heterocycles. The third-order valence-electron chi connectivity index (χ3n) is 1.89. The highest BCUT2D eigenvalue weighted by Crippen LogP contribution is 2.10. The Hall–Kier alpha value is -1.26. The minimum absolute atomic E-state index is 0.219. The van der Waals surface area contributed by atoms with E-state index in [1.807, 2.05) is 0 Å². The fraction of sp³-hybridized carbons (Fsp3) is 0.800. The van der Waals surface area contributed by atoms with Crippen LogP contribution in [0.25, 0.3) is 0 Å². The van der Waals surface area contributed by atoms with Gasteiger partial charge in [0, 0.05) is 14.1 Å². The second-order valence-electron chi connectivity index (χ2n) is 4.38. The number of hydrogen-bond acceptors (Lipinski definition) is 3. The number of nitrogens with one attached hydrogen (secondary N) is 1. The van der Waals surface area contributed by atoms with E-state index in [0.29, 0.717) is 0 Å². The molecule has 0 aromatic rings. The predicted molar refractivity (Wildman–Crippen MR) is 57.5 cm³/mol. The Balaban J connectivity index is 4.39. The summed E-state index contributed by atoms with van der Waals surface area (Å²) in [6.45, 7) is 6.98. The van der Waals surface area contributed by atoms with Gasteiger partial charge in [-0.15, -0.1) is 0 Å². The van der Waals surface area contributed by atoms with E-state index in [1.54, 1.807) is 27.7 Å². The van der Waals surface area contributed by atoms with Gasteiger partial charge in [0.2, 0.25) is 5.91 Å². The SMILES string of the molecule is CNC(=O)[C@@H](C)N(C)C(=O)OC(C)(C)C. The normalized spacial score (nSPS) is 12.9. The third kappa shape index (κ3) is 4.67. The van der Waals surface area contributed by atoms with Crippen LogP contribution >= 0.6 is 0 Å². The summed E-state index contributed by atoms with van der Waals surface area (Å²) < 4.78 is 5.12. The summed E-state index contributed by atoms with van der Waals surface area (Å²) in [5.41, 5.74) is -0.548. The lowest BCUT2D eigenvalue weighted by atomic mass is 10.2. The highest BCUT2D eigenvalue weighted by Gasteiger charge is 2.25. The van der Waals surface area contributed by atoms with Crippen LogP contribution in [0.5, 0.6) is 0 Å². The molecule has 0 aromatic heterocycles. The molecule has 5 nitrogen and oxygen atoms in total. The van der Waals surface area contributed by atoms with Crippen molar-refractivity contribution < 1.29 is 14.3 Å². The lowest BCUT2D eigenvalue weighted by Gasteiger charge is -2.27. The molecule has 0 aliphatic rings. The Morgan fingerprint density at radius 3 is 2.13 bits per heavy atom. The molecule has 5 heteroatoms. The Morgan fingerprint density at radius 2 is 1.80 bits per heavy atom. The number of rotatable bonds is 2. The van der Waals surface area contributed by atoms with Crippen molar-refractivity contribution in [1.82, 2.24) is 10.2 Å². The first-order valence-electron chi connectivity index (χ1n) is 4.86. The average molecular weight is 216 g/mol. The molecule has 0 bridgehead atoms. The molecule has 0 aliphatic heterocycles. The molecule has 0 fully saturated rings. The van der Waals surface area contributed by atoms with Crippen molar-refractivity contribution in [1.29, 1.82) is 0 Å². The van der Waals surface area contributed by atoms with Gasteiger partial charge in [0.05, 0.1) is 0 Å². The van der Waals surface area contributed by atoms with Gasteiger partial charge >= 0.3 is 6.09 Å². The molecule has 0 saturated carbocycles. The molecule has 2 amide bonds. The zero-order chi connectivity index (χ0) is 12.2. The van der Waals surface area contributed by atoms with E-state index in [0.717, 1.165) is 0 Å². The number of nitrogens with zero attached hydrogens (tertiary/aromatic N) is 1. The second kappa shape index (κ2) is 5.00. The highest BCUT2D eigenvalue weighted by atomic mass is 16.6. The number of carbonyl (C=O) groups is 2. The van der Waals surface area contributed by atoms with Crippen molar-refractivity contribution in [2.45, 2.75) is 39.3 Å². The molecule has 88 valence electrons. The Bertz CT molecular complexity index is 246. The standard InChI is InChI=1S/C10H20N2O3/c1-7(8(13)11-5)12(6)9(14)15-10(2,3)4/h7H,1-6H3,(H,11,13)/t7-/m1/s1. The van der Waals surface area contributed by atoms with Crippen LogP contribution < -0.4 is 5.32 Å². The highest BCUT2D eigenvalue weighted by molar-refractivity contribution is 5.84. The third-order valence-corrected chi connectivity index (χ3v) is 1.89. The molecule has 15 heavy (non-hydrogen) atoms. The fourth-order valence-electron chi connectivity index (χ4n) is 0.877. The van der Waals surface area contributed by atoms with Gasteiger partial charge in [0.15, 0.2) is 0 Å². The van der Waals surface area contributed by atoms with E-state index >= 15 is 0 Å². The minimum Gasteiger partial charge on any atom is -0.444 e. The summed E-state index contributed by atoms with van der Waals surface area (Å²) in [5.74, 6) is -0.219. The largest absolute Gasteiger partial charge is 0.444 e. The predicted octanol–water partition coefficient (Wildman–Crippen LogP) is 0.988. The van der Waals surface area contributed by atoms with Gasteiger partial charge in [-0.1, -0.05) is 0 Å². The maximum Gasteiger partial charge on any atom is 0.410 e. The number of carbonyl (C=O) groups excluding carboxylic acids is 2. The smallest absolute Gasteiger partial charge is 0.410 e. The first-order valence-corrected chi connectivity index (χ1v) is 4.86. The zero-order valence-electron chi connectivity index (χ0n) is 10.2. The molecule has 0 saturated heterocycles. The second-order valence-corrected chi connectivity index (χ2v) is 4.38. The molecule has 0 unspecified atom stereocenters. The van der Waals surface area contributed by atoms with Crippen LogP contribution in [0.1, 0.15) is 27.7 Å². The zero-order valence-corrected chi connectivity index (χ0v) is 10.2. The summed E-state index contributed by atoms with van der Waals surface area (Å²) in [6.07, 6.45) is -0.501. The monoisotopic (exact) mass is 216 g/mol. The summed E-state index contributed by atoms with van der Waals surface area (Å²) in [4.78, 5) is 24.1. The minimum atomic E-state index is -0.548. The van der Waals surface area contributed by atoms with Crippen LogP contribution in [-0.2, 0) is 9.53 Å². The van der Waals surface area contributed by atoms with Crippen molar-refractivity contribution in [3.63, 3.8) is 0 Å². The molecule has 0 aromatic carbocycles. The van der Waals surface area contributed by atoms with E-state index in [4.69, 9.17) is 4.74 Å². The summed E-state index contributed by atoms with van der Waals surface area (Å²) in [6, 6.07) is -0.537. The molecule has 0 spiro atoms. The van der Waals surface area contributed by atoms with Gasteiger partial charge in [-0.05, 0) is 27.7 Å². The quantitative estimate of drug-likeness (QED) is 0.748. The van der Waals surface area contributed by atoms with E-state index in [9.17, 15) is 9.59 Å². The number of amides is 2. The van der Waals surface area contributed by atoms with Crippen LogP contribution in [0.3, 0.4) is 0 Å². The fourth-order valence-corrected chi connectivity index (χ4v) is 0.877. The van der Waals surface area contributed by atoms with Crippen LogP contribution in [-0.4, -0.2) is 42.6 Å². The van der Waals surface area contributed by atoms with Gasteiger partial charge in [-0.3, -0.25) is 9.69 Å². The lowest BCUT2D eigenvalue weighted by Crippen LogP contribution is -2.46. The first kappa shape index (κ1) is 13.7. The van der Waals surface area contributed by atoms with Crippen molar-refractivity contribution in [3.05, 3.63) is 0 Å². The molecular weight excluding hydrogens is 196 g/mol. The van der Waals surface area contributed by atoms with Gasteiger partial charge in [-0.25, -0.2) is 4.79 Å². The van der Waals surface area contributed by atoms with Gasteiger partial charge < -0.3 is 10.1 Å². The van der Waals surface area contributed by atoms with Crippen LogP contribution in [0.2, 0.25) is 0 Å². The first-order chi connectivity index (χ1) is 6.69. The van der Waals surface area contributed by atoms with Crippen molar-refractivity contribution in [2.75, 3.05) is 14.1 Å². The molecule has 1 N–H and O–H groups in total. The summed E-state index contributed by atoms with van der Waals surface area (Å²) >= 11 is 0. The van der Waals surface area contributed by atoms with E-state index in [2.05, 4.69) is 5.32 Å². The van der Waals surface area contributed by atoms with Crippen LogP contribution in [0.4, 0.5) is 4.79 Å². The average Bonchev–Trinajstić information content (AvgIpc) is 2.11. The van der Waals surface area contributed by atoms with Gasteiger partial charge in [-0.2, -0.15) is 0 Å². The summed E-state index contributed by atoms with van der Waals surface area (Å²) in [5, 5.41) is 2.47. The van der Waals surface area contributed by atoms with Gasteiger partial charge in [0.25, 0.3) is 0 Å². The molecule has 0 rings (SSSR count). The van der Waals surface area contributed by atoms with E-state index < -0.39 is 17.7 Å². The Morgan fingerprint density at radius 1 is 1.33 bits per heavy atom. The van der Waals surface area contributed by atoms with Crippen LogP contribution in [0, 0.1) is 0 Å². The maximum atomic E-state index is 11.5. The number of hydrogen-bond donors (Lipinski definition) is 1. The summed E-state index contributed by atoms with van der Waals surface area (Å²) in [7, 11) is 3.07. The maximum absolute atomic E-state index is 11.5. The van der Waals surface area contributed by atoms with Crippen molar-refractivity contribution in [2.24, 2.45) is 0 Å². The molecule has 0 aliphatic carbocycles. The Labute approximate surface area is 90.8 Å². The Kier molecular flexibility index (Phi) is 4.58.